The molecule has 1 aromatic heterocycles. The van der Waals surface area contributed by atoms with Crippen LogP contribution in [0, 0.1) is 17.0 Å². The van der Waals surface area contributed by atoms with Gasteiger partial charge in [0.2, 0.25) is 5.76 Å². The Morgan fingerprint density at radius 1 is 1.29 bits per heavy atom. The summed E-state index contributed by atoms with van der Waals surface area (Å²) in [5.74, 6) is -2.36. The predicted molar refractivity (Wildman–Crippen MR) is 84.8 cm³/mol. The van der Waals surface area contributed by atoms with Crippen molar-refractivity contribution in [1.29, 1.82) is 0 Å². The quantitative estimate of drug-likeness (QED) is 0.494. The van der Waals surface area contributed by atoms with Crippen molar-refractivity contribution in [3.8, 4) is 0 Å². The predicted octanol–water partition coefficient (Wildman–Crippen LogP) is 2.85. The Labute approximate surface area is 137 Å². The highest BCUT2D eigenvalue weighted by molar-refractivity contribution is 5.95. The van der Waals surface area contributed by atoms with E-state index in [0.717, 1.165) is 29.7 Å². The summed E-state index contributed by atoms with van der Waals surface area (Å²) in [6.45, 7) is 3.31. The number of benzene rings is 1. The fraction of sp³-hybridized carbons (Fsp3) is 0.250. The fourth-order valence-corrected chi connectivity index (χ4v) is 2.12. The SMILES string of the molecule is CCc1cccc(C)c1NC(=O)COC(=O)c1ccc([N+](=O)[O-])o1. The molecule has 1 amide bonds. The number of hydrogen-bond donors (Lipinski definition) is 1. The molecule has 8 nitrogen and oxygen atoms in total. The minimum atomic E-state index is -0.946. The van der Waals surface area contributed by atoms with Gasteiger partial charge in [0.05, 0.1) is 6.07 Å². The first-order chi connectivity index (χ1) is 11.4. The third kappa shape index (κ3) is 3.97. The van der Waals surface area contributed by atoms with Gasteiger partial charge in [0.25, 0.3) is 5.91 Å². The number of carbonyl (C=O) groups is 2. The highest BCUT2D eigenvalue weighted by Gasteiger charge is 2.19. The van der Waals surface area contributed by atoms with E-state index in [1.165, 1.54) is 0 Å². The zero-order valence-corrected chi connectivity index (χ0v) is 13.2. The van der Waals surface area contributed by atoms with Gasteiger partial charge in [0.1, 0.15) is 4.92 Å². The van der Waals surface area contributed by atoms with Gasteiger partial charge in [-0.3, -0.25) is 14.9 Å². The maximum atomic E-state index is 12.0. The molecule has 0 bridgehead atoms. The van der Waals surface area contributed by atoms with Crippen molar-refractivity contribution in [3.63, 3.8) is 0 Å². The molecule has 0 aliphatic carbocycles. The Morgan fingerprint density at radius 2 is 2.04 bits per heavy atom. The molecular formula is C16H16N2O6. The normalized spacial score (nSPS) is 10.2. The van der Waals surface area contributed by atoms with Crippen LogP contribution in [0.2, 0.25) is 0 Å². The standard InChI is InChI=1S/C16H16N2O6/c1-3-11-6-4-5-10(2)15(11)17-13(19)9-23-16(20)12-7-8-14(24-12)18(21)22/h4-8H,3,9H2,1-2H3,(H,17,19). The lowest BCUT2D eigenvalue weighted by Crippen LogP contribution is -2.22. The first-order valence-electron chi connectivity index (χ1n) is 7.22. The molecule has 0 aliphatic heterocycles. The van der Waals surface area contributed by atoms with Crippen molar-refractivity contribution in [1.82, 2.24) is 0 Å². The summed E-state index contributed by atoms with van der Waals surface area (Å²) in [5.41, 5.74) is 2.56. The smallest absolute Gasteiger partial charge is 0.433 e. The van der Waals surface area contributed by atoms with Gasteiger partial charge in [-0.05, 0) is 30.5 Å². The number of hydrogen-bond acceptors (Lipinski definition) is 6. The first-order valence-corrected chi connectivity index (χ1v) is 7.22. The maximum absolute atomic E-state index is 12.0. The first kappa shape index (κ1) is 17.2. The third-order valence-electron chi connectivity index (χ3n) is 3.31. The number of amides is 1. The summed E-state index contributed by atoms with van der Waals surface area (Å²) in [6.07, 6.45) is 0.743. The highest BCUT2D eigenvalue weighted by Crippen LogP contribution is 2.21. The summed E-state index contributed by atoms with van der Waals surface area (Å²) >= 11 is 0. The molecule has 2 aromatic rings. The number of para-hydroxylation sites is 1. The Balaban J connectivity index is 1.96. The van der Waals surface area contributed by atoms with E-state index in [4.69, 9.17) is 9.15 Å². The average Bonchev–Trinajstić information content (AvgIpc) is 3.05. The van der Waals surface area contributed by atoms with Crippen LogP contribution in [0.3, 0.4) is 0 Å². The summed E-state index contributed by atoms with van der Waals surface area (Å²) in [7, 11) is 0. The molecule has 1 aromatic carbocycles. The van der Waals surface area contributed by atoms with Crippen molar-refractivity contribution in [2.75, 3.05) is 11.9 Å². The van der Waals surface area contributed by atoms with Crippen molar-refractivity contribution in [3.05, 3.63) is 57.3 Å². The van der Waals surface area contributed by atoms with Crippen LogP contribution in [0.5, 0.6) is 0 Å². The van der Waals surface area contributed by atoms with E-state index in [1.807, 2.05) is 32.0 Å². The average molecular weight is 332 g/mol. The van der Waals surface area contributed by atoms with Gasteiger partial charge in [-0.15, -0.1) is 0 Å². The van der Waals surface area contributed by atoms with E-state index in [9.17, 15) is 19.7 Å². The molecule has 1 heterocycles. The van der Waals surface area contributed by atoms with Gasteiger partial charge in [0.15, 0.2) is 6.61 Å². The Bertz CT molecular complexity index is 781. The Morgan fingerprint density at radius 3 is 2.67 bits per heavy atom. The van der Waals surface area contributed by atoms with E-state index in [0.29, 0.717) is 5.69 Å². The zero-order chi connectivity index (χ0) is 17.7. The molecule has 0 fully saturated rings. The van der Waals surface area contributed by atoms with Crippen LogP contribution >= 0.6 is 0 Å². The molecule has 0 saturated carbocycles. The van der Waals surface area contributed by atoms with E-state index < -0.39 is 29.3 Å². The van der Waals surface area contributed by atoms with Crippen LogP contribution in [-0.2, 0) is 16.0 Å². The Hall–Kier alpha value is -3.16. The lowest BCUT2D eigenvalue weighted by molar-refractivity contribution is -0.402. The molecule has 2 rings (SSSR count). The number of esters is 1. The molecule has 0 aliphatic rings. The molecule has 0 radical (unpaired) electrons. The molecule has 0 spiro atoms. The lowest BCUT2D eigenvalue weighted by atomic mass is 10.1. The minimum absolute atomic E-state index is 0.334. The zero-order valence-electron chi connectivity index (χ0n) is 13.2. The third-order valence-corrected chi connectivity index (χ3v) is 3.31. The summed E-state index contributed by atoms with van der Waals surface area (Å²) in [4.78, 5) is 33.4. The van der Waals surface area contributed by atoms with Crippen molar-refractivity contribution in [2.24, 2.45) is 0 Å². The number of nitro groups is 1. The van der Waals surface area contributed by atoms with Crippen molar-refractivity contribution < 1.29 is 23.7 Å². The summed E-state index contributed by atoms with van der Waals surface area (Å²) in [6, 6.07) is 7.82. The summed E-state index contributed by atoms with van der Waals surface area (Å²) in [5, 5.41) is 13.2. The molecule has 0 atom stereocenters. The number of nitrogens with zero attached hydrogens (tertiary/aromatic N) is 1. The monoisotopic (exact) mass is 332 g/mol. The molecule has 126 valence electrons. The van der Waals surface area contributed by atoms with Crippen LogP contribution in [0.1, 0.15) is 28.6 Å². The van der Waals surface area contributed by atoms with Crippen LogP contribution in [-0.4, -0.2) is 23.4 Å². The van der Waals surface area contributed by atoms with Crippen molar-refractivity contribution >= 4 is 23.4 Å². The van der Waals surface area contributed by atoms with Gasteiger partial charge in [-0.2, -0.15) is 0 Å². The van der Waals surface area contributed by atoms with Crippen LogP contribution in [0.4, 0.5) is 11.6 Å². The van der Waals surface area contributed by atoms with E-state index >= 15 is 0 Å². The number of nitrogens with one attached hydrogen (secondary N) is 1. The van der Waals surface area contributed by atoms with Crippen molar-refractivity contribution in [2.45, 2.75) is 20.3 Å². The molecule has 0 saturated heterocycles. The van der Waals surface area contributed by atoms with E-state index in [1.54, 1.807) is 0 Å². The second-order valence-electron chi connectivity index (χ2n) is 4.98. The highest BCUT2D eigenvalue weighted by atomic mass is 16.7. The second-order valence-corrected chi connectivity index (χ2v) is 4.98. The van der Waals surface area contributed by atoms with Gasteiger partial charge >= 0.3 is 11.9 Å². The van der Waals surface area contributed by atoms with Crippen LogP contribution < -0.4 is 5.32 Å². The second kappa shape index (κ2) is 7.40. The van der Waals surface area contributed by atoms with Gasteiger partial charge < -0.3 is 14.5 Å². The number of anilines is 1. The number of rotatable bonds is 6. The van der Waals surface area contributed by atoms with Crippen LogP contribution in [0.25, 0.3) is 0 Å². The molecule has 8 heteroatoms. The largest absolute Gasteiger partial charge is 0.450 e. The van der Waals surface area contributed by atoms with Gasteiger partial charge in [-0.1, -0.05) is 25.1 Å². The van der Waals surface area contributed by atoms with E-state index in [2.05, 4.69) is 5.32 Å². The Kier molecular flexibility index (Phi) is 5.31. The molecule has 24 heavy (non-hydrogen) atoms. The molecule has 0 unspecified atom stereocenters. The number of furan rings is 1. The van der Waals surface area contributed by atoms with Gasteiger partial charge in [-0.25, -0.2) is 4.79 Å². The fourth-order valence-electron chi connectivity index (χ4n) is 2.12. The number of carbonyl (C=O) groups excluding carboxylic acids is 2. The maximum Gasteiger partial charge on any atom is 0.433 e. The minimum Gasteiger partial charge on any atom is -0.450 e. The van der Waals surface area contributed by atoms with Gasteiger partial charge in [0, 0.05) is 5.69 Å². The number of aryl methyl sites for hydroxylation is 2. The topological polar surface area (TPSA) is 112 Å². The number of ether oxygens (including phenoxy) is 1. The van der Waals surface area contributed by atoms with Crippen LogP contribution in [0.15, 0.2) is 34.7 Å². The van der Waals surface area contributed by atoms with E-state index in [-0.39, 0.29) is 5.76 Å². The summed E-state index contributed by atoms with van der Waals surface area (Å²) < 4.78 is 9.51. The lowest BCUT2D eigenvalue weighted by Gasteiger charge is -2.12. The molecular weight excluding hydrogens is 316 g/mol. The molecule has 1 N–H and O–H groups in total.